The molecule has 0 saturated carbocycles. The van der Waals surface area contributed by atoms with E-state index in [2.05, 4.69) is 4.72 Å². The average molecular weight is 452 g/mol. The Bertz CT molecular complexity index is 1260. The molecule has 2 heterocycles. The Hall–Kier alpha value is -2.76. The van der Waals surface area contributed by atoms with Crippen molar-refractivity contribution in [2.45, 2.75) is 11.4 Å². The van der Waals surface area contributed by atoms with Crippen LogP contribution in [0.2, 0.25) is 0 Å². The summed E-state index contributed by atoms with van der Waals surface area (Å²) in [6.45, 7) is 1.76. The third-order valence-corrected chi connectivity index (χ3v) is 7.00. The molecular weight excluding hydrogens is 433 g/mol. The van der Waals surface area contributed by atoms with Crippen molar-refractivity contribution in [1.82, 2.24) is 9.47 Å². The lowest BCUT2D eigenvalue weighted by molar-refractivity contribution is -0.135. The van der Waals surface area contributed by atoms with Crippen molar-refractivity contribution in [2.75, 3.05) is 31.0 Å². The minimum atomic E-state index is -3.98. The first-order chi connectivity index (χ1) is 14.3. The molecule has 1 amide bonds. The lowest BCUT2D eigenvalue weighted by atomic mass is 10.3. The van der Waals surface area contributed by atoms with Crippen LogP contribution in [0.1, 0.15) is 0 Å². The van der Waals surface area contributed by atoms with Crippen LogP contribution in [0.3, 0.4) is 0 Å². The van der Waals surface area contributed by atoms with Crippen molar-refractivity contribution in [3.8, 4) is 0 Å². The third-order valence-electron chi connectivity index (χ3n) is 4.68. The summed E-state index contributed by atoms with van der Waals surface area (Å²) in [5, 5.41) is 0. The summed E-state index contributed by atoms with van der Waals surface area (Å²) in [5.74, 6) is -0.754. The van der Waals surface area contributed by atoms with E-state index in [4.69, 9.17) is 4.74 Å². The van der Waals surface area contributed by atoms with Crippen LogP contribution in [0.5, 0.6) is 0 Å². The molecule has 4 rings (SSSR count). The number of anilines is 1. The molecule has 11 heteroatoms. The van der Waals surface area contributed by atoms with Crippen molar-refractivity contribution < 1.29 is 22.3 Å². The molecule has 30 heavy (non-hydrogen) atoms. The van der Waals surface area contributed by atoms with Crippen LogP contribution in [-0.2, 0) is 26.1 Å². The van der Waals surface area contributed by atoms with Gasteiger partial charge in [-0.3, -0.25) is 18.9 Å². The number of nitrogens with zero attached hydrogens (tertiary/aromatic N) is 2. The molecule has 1 fully saturated rings. The van der Waals surface area contributed by atoms with Gasteiger partial charge in [0.25, 0.3) is 10.0 Å². The third kappa shape index (κ3) is 4.23. The number of carbonyl (C=O) groups excluding carboxylic acids is 1. The summed E-state index contributed by atoms with van der Waals surface area (Å²) in [6, 6.07) is 9.34. The smallest absolute Gasteiger partial charge is 0.308 e. The van der Waals surface area contributed by atoms with E-state index in [1.807, 2.05) is 0 Å². The Morgan fingerprint density at radius 2 is 1.93 bits per heavy atom. The molecule has 0 radical (unpaired) electrons. The van der Waals surface area contributed by atoms with E-state index in [9.17, 15) is 22.4 Å². The number of benzene rings is 2. The van der Waals surface area contributed by atoms with Gasteiger partial charge >= 0.3 is 4.87 Å². The van der Waals surface area contributed by atoms with E-state index in [-0.39, 0.29) is 27.9 Å². The fraction of sp³-hybridized carbons (Fsp3) is 0.263. The summed E-state index contributed by atoms with van der Waals surface area (Å²) in [6.07, 6.45) is 0. The Morgan fingerprint density at radius 3 is 2.67 bits per heavy atom. The first-order valence-corrected chi connectivity index (χ1v) is 11.4. The molecule has 0 bridgehead atoms. The SMILES string of the molecule is O=C(Cn1c(=O)sc2cc(S(=O)(=O)Nc3cccc(F)c3)ccc21)N1CCOCC1. The maximum Gasteiger partial charge on any atom is 0.308 e. The summed E-state index contributed by atoms with van der Waals surface area (Å²) in [7, 11) is -3.98. The number of morpholine rings is 1. The summed E-state index contributed by atoms with van der Waals surface area (Å²) in [5.41, 5.74) is 0.577. The number of aromatic nitrogens is 1. The Kier molecular flexibility index (Phi) is 5.58. The highest BCUT2D eigenvalue weighted by molar-refractivity contribution is 7.92. The van der Waals surface area contributed by atoms with Crippen LogP contribution >= 0.6 is 11.3 Å². The molecule has 3 aromatic rings. The van der Waals surface area contributed by atoms with E-state index in [1.165, 1.54) is 41.0 Å². The number of ether oxygens (including phenoxy) is 1. The topological polar surface area (TPSA) is 97.7 Å². The van der Waals surface area contributed by atoms with E-state index in [0.717, 1.165) is 17.4 Å². The molecule has 1 aromatic heterocycles. The van der Waals surface area contributed by atoms with Crippen LogP contribution in [0.15, 0.2) is 52.2 Å². The molecule has 0 aliphatic carbocycles. The van der Waals surface area contributed by atoms with Crippen LogP contribution in [0, 0.1) is 5.82 Å². The van der Waals surface area contributed by atoms with Gasteiger partial charge in [0.1, 0.15) is 12.4 Å². The van der Waals surface area contributed by atoms with Crippen molar-refractivity contribution in [2.24, 2.45) is 0 Å². The van der Waals surface area contributed by atoms with Gasteiger partial charge in [-0.2, -0.15) is 0 Å². The quantitative estimate of drug-likeness (QED) is 0.639. The number of hydrogen-bond acceptors (Lipinski definition) is 6. The van der Waals surface area contributed by atoms with E-state index < -0.39 is 15.8 Å². The second-order valence-corrected chi connectivity index (χ2v) is 9.37. The van der Waals surface area contributed by atoms with Crippen molar-refractivity contribution in [3.63, 3.8) is 0 Å². The Labute approximate surface area is 175 Å². The number of thiazole rings is 1. The van der Waals surface area contributed by atoms with Crippen LogP contribution in [0.4, 0.5) is 10.1 Å². The number of halogens is 1. The molecular formula is C19H18FN3O5S2. The van der Waals surface area contributed by atoms with Crippen LogP contribution in [-0.4, -0.2) is 50.1 Å². The van der Waals surface area contributed by atoms with Gasteiger partial charge in [0, 0.05) is 13.1 Å². The van der Waals surface area contributed by atoms with E-state index >= 15 is 0 Å². The predicted octanol–water partition coefficient (Wildman–Crippen LogP) is 1.86. The number of nitrogens with one attached hydrogen (secondary N) is 1. The zero-order valence-corrected chi connectivity index (χ0v) is 17.3. The molecule has 0 atom stereocenters. The second-order valence-electron chi connectivity index (χ2n) is 6.69. The highest BCUT2D eigenvalue weighted by Gasteiger charge is 2.21. The highest BCUT2D eigenvalue weighted by atomic mass is 32.2. The summed E-state index contributed by atoms with van der Waals surface area (Å²) >= 11 is 0.866. The van der Waals surface area contributed by atoms with Crippen molar-refractivity contribution in [1.29, 1.82) is 0 Å². The van der Waals surface area contributed by atoms with Crippen LogP contribution < -0.4 is 9.60 Å². The molecule has 1 N–H and O–H groups in total. The van der Waals surface area contributed by atoms with Gasteiger partial charge in [-0.15, -0.1) is 0 Å². The van der Waals surface area contributed by atoms with Gasteiger partial charge in [-0.1, -0.05) is 17.4 Å². The Morgan fingerprint density at radius 1 is 1.17 bits per heavy atom. The molecule has 8 nitrogen and oxygen atoms in total. The molecule has 1 aliphatic rings. The fourth-order valence-corrected chi connectivity index (χ4v) is 5.26. The number of amides is 1. The largest absolute Gasteiger partial charge is 0.378 e. The predicted molar refractivity (Wildman–Crippen MR) is 111 cm³/mol. The first-order valence-electron chi connectivity index (χ1n) is 9.11. The molecule has 2 aromatic carbocycles. The molecule has 158 valence electrons. The standard InChI is InChI=1S/C19H18FN3O5S2/c20-13-2-1-3-14(10-13)21-30(26,27)15-4-5-16-17(11-15)29-19(25)23(16)12-18(24)22-6-8-28-9-7-22/h1-5,10-11,21H,6-9,12H2. The number of hydrogen-bond donors (Lipinski definition) is 1. The minimum Gasteiger partial charge on any atom is -0.378 e. The first kappa shape index (κ1) is 20.5. The molecule has 1 aliphatic heterocycles. The zero-order valence-electron chi connectivity index (χ0n) is 15.7. The number of carbonyl (C=O) groups is 1. The highest BCUT2D eigenvalue weighted by Crippen LogP contribution is 2.24. The van der Waals surface area contributed by atoms with Gasteiger partial charge in [0.15, 0.2) is 0 Å². The zero-order chi connectivity index (χ0) is 21.3. The van der Waals surface area contributed by atoms with E-state index in [0.29, 0.717) is 36.5 Å². The summed E-state index contributed by atoms with van der Waals surface area (Å²) in [4.78, 5) is 26.2. The summed E-state index contributed by atoms with van der Waals surface area (Å²) < 4.78 is 48.0. The monoisotopic (exact) mass is 451 g/mol. The van der Waals surface area contributed by atoms with Crippen molar-refractivity contribution >= 4 is 43.2 Å². The molecule has 1 saturated heterocycles. The van der Waals surface area contributed by atoms with Gasteiger partial charge in [0.05, 0.1) is 34.0 Å². The van der Waals surface area contributed by atoms with Gasteiger partial charge in [-0.25, -0.2) is 12.8 Å². The normalized spacial score (nSPS) is 14.8. The maximum atomic E-state index is 13.3. The number of sulfonamides is 1. The van der Waals surface area contributed by atoms with Crippen LogP contribution in [0.25, 0.3) is 10.2 Å². The van der Waals surface area contributed by atoms with Gasteiger partial charge in [0.2, 0.25) is 5.91 Å². The Balaban J connectivity index is 1.61. The van der Waals surface area contributed by atoms with Crippen molar-refractivity contribution in [3.05, 3.63) is 57.9 Å². The number of fused-ring (bicyclic) bond motifs is 1. The average Bonchev–Trinajstić information content (AvgIpc) is 3.03. The van der Waals surface area contributed by atoms with Gasteiger partial charge in [-0.05, 0) is 36.4 Å². The van der Waals surface area contributed by atoms with E-state index in [1.54, 1.807) is 4.90 Å². The second kappa shape index (κ2) is 8.17. The maximum absolute atomic E-state index is 13.3. The lowest BCUT2D eigenvalue weighted by Gasteiger charge is -2.26. The molecule has 0 spiro atoms. The minimum absolute atomic E-state index is 0.0628. The molecule has 0 unspecified atom stereocenters. The van der Waals surface area contributed by atoms with Gasteiger partial charge < -0.3 is 9.64 Å². The number of rotatable bonds is 5. The fourth-order valence-electron chi connectivity index (χ4n) is 3.18. The lowest BCUT2D eigenvalue weighted by Crippen LogP contribution is -2.43.